The van der Waals surface area contributed by atoms with E-state index in [4.69, 9.17) is 14.2 Å². The number of hydrogen-bond donors (Lipinski definition) is 0. The van der Waals surface area contributed by atoms with Crippen LogP contribution in [0.1, 0.15) is 18.4 Å². The number of ether oxygens (including phenoxy) is 3. The van der Waals surface area contributed by atoms with E-state index >= 15 is 0 Å². The van der Waals surface area contributed by atoms with E-state index < -0.39 is 0 Å². The van der Waals surface area contributed by atoms with Crippen molar-refractivity contribution in [2.45, 2.75) is 19.4 Å². The molecule has 3 aliphatic heterocycles. The fourth-order valence-electron chi connectivity index (χ4n) is 4.22. The summed E-state index contributed by atoms with van der Waals surface area (Å²) in [6.45, 7) is 6.07. The molecule has 0 aliphatic carbocycles. The van der Waals surface area contributed by atoms with Gasteiger partial charge in [0, 0.05) is 33.3 Å². The Balaban J connectivity index is 1.39. The molecule has 4 rings (SSSR count). The lowest BCUT2D eigenvalue weighted by Crippen LogP contribution is -2.38. The van der Waals surface area contributed by atoms with Crippen molar-refractivity contribution in [1.29, 1.82) is 0 Å². The van der Waals surface area contributed by atoms with Gasteiger partial charge in [-0.25, -0.2) is 0 Å². The van der Waals surface area contributed by atoms with E-state index in [1.165, 1.54) is 5.56 Å². The first kappa shape index (κ1) is 16.7. The van der Waals surface area contributed by atoms with Crippen LogP contribution < -0.4 is 9.47 Å². The van der Waals surface area contributed by atoms with Crippen LogP contribution in [0.15, 0.2) is 18.2 Å². The number of nitrogens with zero attached hydrogens (tertiary/aromatic N) is 2. The van der Waals surface area contributed by atoms with E-state index in [0.29, 0.717) is 32.3 Å². The SMILES string of the molecule is COCCN1CCC2(CCN(Cc3ccc4c(c3)OCCO4)C2)C1=O. The Bertz CT molecular complexity index is 650. The number of hydrogen-bond acceptors (Lipinski definition) is 5. The van der Waals surface area contributed by atoms with Crippen molar-refractivity contribution < 1.29 is 19.0 Å². The molecule has 6 heteroatoms. The first-order valence-corrected chi connectivity index (χ1v) is 9.09. The molecule has 1 amide bonds. The van der Waals surface area contributed by atoms with Crippen LogP contribution in [-0.4, -0.2) is 68.8 Å². The maximum atomic E-state index is 12.8. The molecule has 0 saturated carbocycles. The lowest BCUT2D eigenvalue weighted by atomic mass is 9.85. The molecule has 2 saturated heterocycles. The maximum Gasteiger partial charge on any atom is 0.230 e. The Kier molecular flexibility index (Phi) is 4.56. The lowest BCUT2D eigenvalue weighted by molar-refractivity contribution is -0.136. The Labute approximate surface area is 148 Å². The van der Waals surface area contributed by atoms with Crippen LogP contribution in [0, 0.1) is 5.41 Å². The molecule has 1 spiro atoms. The van der Waals surface area contributed by atoms with Crippen LogP contribution in [0.3, 0.4) is 0 Å². The number of likely N-dealkylation sites (tertiary alicyclic amines) is 2. The summed E-state index contributed by atoms with van der Waals surface area (Å²) < 4.78 is 16.4. The summed E-state index contributed by atoms with van der Waals surface area (Å²) >= 11 is 0. The average molecular weight is 346 g/mol. The Morgan fingerprint density at radius 1 is 1.16 bits per heavy atom. The van der Waals surface area contributed by atoms with Gasteiger partial charge >= 0.3 is 0 Å². The molecule has 1 unspecified atom stereocenters. The average Bonchev–Trinajstić information content (AvgIpc) is 3.18. The quantitative estimate of drug-likeness (QED) is 0.809. The van der Waals surface area contributed by atoms with Crippen molar-refractivity contribution in [3.8, 4) is 11.5 Å². The second kappa shape index (κ2) is 6.84. The standard InChI is InChI=1S/C19H26N2O4/c1-23-9-8-21-7-5-19(18(21)22)4-6-20(14-19)13-15-2-3-16-17(12-15)25-11-10-24-16/h2-3,12H,4-11,13-14H2,1H3. The van der Waals surface area contributed by atoms with Crippen LogP contribution in [0.2, 0.25) is 0 Å². The first-order chi connectivity index (χ1) is 12.2. The minimum atomic E-state index is -0.179. The second-order valence-corrected chi connectivity index (χ2v) is 7.25. The van der Waals surface area contributed by atoms with Gasteiger partial charge < -0.3 is 19.1 Å². The summed E-state index contributed by atoms with van der Waals surface area (Å²) in [5, 5.41) is 0. The minimum Gasteiger partial charge on any atom is -0.486 e. The summed E-state index contributed by atoms with van der Waals surface area (Å²) in [4.78, 5) is 17.2. The molecule has 0 aromatic heterocycles. The molecule has 2 fully saturated rings. The Morgan fingerprint density at radius 3 is 2.80 bits per heavy atom. The highest BCUT2D eigenvalue weighted by molar-refractivity contribution is 5.85. The highest BCUT2D eigenvalue weighted by Gasteiger charge is 2.50. The summed E-state index contributed by atoms with van der Waals surface area (Å²) in [5.41, 5.74) is 1.03. The van der Waals surface area contributed by atoms with Crippen molar-refractivity contribution in [1.82, 2.24) is 9.80 Å². The summed E-state index contributed by atoms with van der Waals surface area (Å²) in [5.74, 6) is 1.97. The zero-order valence-electron chi connectivity index (χ0n) is 14.8. The molecule has 1 aromatic carbocycles. The zero-order valence-corrected chi connectivity index (χ0v) is 14.8. The normalized spacial score (nSPS) is 26.0. The van der Waals surface area contributed by atoms with E-state index in [1.807, 2.05) is 11.0 Å². The van der Waals surface area contributed by atoms with Gasteiger partial charge in [0.2, 0.25) is 5.91 Å². The van der Waals surface area contributed by atoms with Gasteiger partial charge in [0.15, 0.2) is 11.5 Å². The molecule has 1 aromatic rings. The van der Waals surface area contributed by atoms with Crippen LogP contribution in [0.5, 0.6) is 11.5 Å². The third-order valence-electron chi connectivity index (χ3n) is 5.61. The molecular weight excluding hydrogens is 320 g/mol. The molecule has 0 radical (unpaired) electrons. The second-order valence-electron chi connectivity index (χ2n) is 7.25. The van der Waals surface area contributed by atoms with Gasteiger partial charge in [0.05, 0.1) is 12.0 Å². The van der Waals surface area contributed by atoms with Crippen LogP contribution in [0.4, 0.5) is 0 Å². The van der Waals surface area contributed by atoms with E-state index in [9.17, 15) is 4.79 Å². The predicted molar refractivity (Wildman–Crippen MR) is 92.8 cm³/mol. The van der Waals surface area contributed by atoms with E-state index in [-0.39, 0.29) is 5.41 Å². The van der Waals surface area contributed by atoms with Crippen molar-refractivity contribution in [2.75, 3.05) is 53.1 Å². The fraction of sp³-hybridized carbons (Fsp3) is 0.632. The van der Waals surface area contributed by atoms with Gasteiger partial charge in [-0.15, -0.1) is 0 Å². The monoisotopic (exact) mass is 346 g/mol. The number of carbonyl (C=O) groups is 1. The lowest BCUT2D eigenvalue weighted by Gasteiger charge is -2.24. The smallest absolute Gasteiger partial charge is 0.230 e. The molecule has 0 N–H and O–H groups in total. The number of methoxy groups -OCH3 is 1. The molecule has 6 nitrogen and oxygen atoms in total. The van der Waals surface area contributed by atoms with Crippen LogP contribution in [0.25, 0.3) is 0 Å². The number of amides is 1. The predicted octanol–water partition coefficient (Wildman–Crippen LogP) is 1.53. The molecule has 0 bridgehead atoms. The highest BCUT2D eigenvalue weighted by atomic mass is 16.6. The van der Waals surface area contributed by atoms with E-state index in [0.717, 1.165) is 50.5 Å². The highest BCUT2D eigenvalue weighted by Crippen LogP contribution is 2.41. The topological polar surface area (TPSA) is 51.2 Å². The summed E-state index contributed by atoms with van der Waals surface area (Å²) in [6, 6.07) is 6.16. The molecule has 25 heavy (non-hydrogen) atoms. The third-order valence-corrected chi connectivity index (χ3v) is 5.61. The van der Waals surface area contributed by atoms with Crippen LogP contribution in [-0.2, 0) is 16.1 Å². The van der Waals surface area contributed by atoms with Crippen molar-refractivity contribution in [3.63, 3.8) is 0 Å². The van der Waals surface area contributed by atoms with E-state index in [2.05, 4.69) is 17.0 Å². The van der Waals surface area contributed by atoms with Crippen molar-refractivity contribution in [3.05, 3.63) is 23.8 Å². The Hall–Kier alpha value is -1.79. The largest absolute Gasteiger partial charge is 0.486 e. The fourth-order valence-corrected chi connectivity index (χ4v) is 4.22. The summed E-state index contributed by atoms with van der Waals surface area (Å²) in [7, 11) is 1.68. The maximum absolute atomic E-state index is 12.8. The van der Waals surface area contributed by atoms with Crippen molar-refractivity contribution in [2.24, 2.45) is 5.41 Å². The van der Waals surface area contributed by atoms with Crippen LogP contribution >= 0.6 is 0 Å². The van der Waals surface area contributed by atoms with Gasteiger partial charge in [0.1, 0.15) is 13.2 Å². The van der Waals surface area contributed by atoms with Gasteiger partial charge in [0.25, 0.3) is 0 Å². The molecule has 3 heterocycles. The first-order valence-electron chi connectivity index (χ1n) is 9.09. The number of rotatable bonds is 5. The molecule has 136 valence electrons. The van der Waals surface area contributed by atoms with E-state index in [1.54, 1.807) is 7.11 Å². The van der Waals surface area contributed by atoms with Gasteiger partial charge in [-0.2, -0.15) is 0 Å². The van der Waals surface area contributed by atoms with Crippen molar-refractivity contribution >= 4 is 5.91 Å². The molecular formula is C19H26N2O4. The van der Waals surface area contributed by atoms with Gasteiger partial charge in [-0.3, -0.25) is 9.69 Å². The Morgan fingerprint density at radius 2 is 1.96 bits per heavy atom. The van der Waals surface area contributed by atoms with Gasteiger partial charge in [-0.1, -0.05) is 6.07 Å². The molecule has 3 aliphatic rings. The molecule has 1 atom stereocenters. The van der Waals surface area contributed by atoms with Gasteiger partial charge in [-0.05, 0) is 37.1 Å². The zero-order chi connectivity index (χ0) is 17.3. The minimum absolute atomic E-state index is 0.179. The number of fused-ring (bicyclic) bond motifs is 1. The summed E-state index contributed by atoms with van der Waals surface area (Å²) in [6.07, 6.45) is 1.92. The number of carbonyl (C=O) groups excluding carboxylic acids is 1. The third kappa shape index (κ3) is 3.20. The number of benzene rings is 1.